The molecule has 0 spiro atoms. The van der Waals surface area contributed by atoms with Crippen LogP contribution >= 0.6 is 15.9 Å². The summed E-state index contributed by atoms with van der Waals surface area (Å²) < 4.78 is 25.7. The second-order valence-corrected chi connectivity index (χ2v) is 7.66. The first-order valence-electron chi connectivity index (χ1n) is 6.14. The number of sulfone groups is 1. The number of anilines is 1. The van der Waals surface area contributed by atoms with Gasteiger partial charge in [0, 0.05) is 15.7 Å². The number of nitrogen functional groups attached to an aromatic ring is 1. The van der Waals surface area contributed by atoms with Crippen LogP contribution in [0.5, 0.6) is 0 Å². The predicted octanol–water partition coefficient (Wildman–Crippen LogP) is 3.62. The highest BCUT2D eigenvalue weighted by Crippen LogP contribution is 2.27. The van der Waals surface area contributed by atoms with Gasteiger partial charge in [-0.2, -0.15) is 0 Å². The number of rotatable bonds is 3. The van der Waals surface area contributed by atoms with E-state index in [-0.39, 0.29) is 5.75 Å². The number of aryl methyl sites for hydroxylation is 2. The second kappa shape index (κ2) is 5.58. The van der Waals surface area contributed by atoms with Gasteiger partial charge in [0.25, 0.3) is 0 Å². The van der Waals surface area contributed by atoms with Crippen LogP contribution in [0.3, 0.4) is 0 Å². The van der Waals surface area contributed by atoms with Crippen LogP contribution < -0.4 is 5.73 Å². The van der Waals surface area contributed by atoms with Gasteiger partial charge in [-0.15, -0.1) is 0 Å². The molecule has 20 heavy (non-hydrogen) atoms. The van der Waals surface area contributed by atoms with Gasteiger partial charge in [0.1, 0.15) is 0 Å². The zero-order chi connectivity index (χ0) is 14.9. The van der Waals surface area contributed by atoms with Gasteiger partial charge in [-0.05, 0) is 49.2 Å². The number of halogens is 1. The highest BCUT2D eigenvalue weighted by Gasteiger charge is 2.19. The molecule has 0 saturated heterocycles. The van der Waals surface area contributed by atoms with E-state index in [0.717, 1.165) is 11.1 Å². The Labute approximate surface area is 127 Å². The quantitative estimate of drug-likeness (QED) is 0.857. The molecule has 0 aliphatic carbocycles. The van der Waals surface area contributed by atoms with Gasteiger partial charge < -0.3 is 5.73 Å². The first-order valence-corrected chi connectivity index (χ1v) is 8.58. The lowest BCUT2D eigenvalue weighted by atomic mass is 10.1. The highest BCUT2D eigenvalue weighted by molar-refractivity contribution is 9.10. The van der Waals surface area contributed by atoms with Crippen molar-refractivity contribution in [3.63, 3.8) is 0 Å². The Morgan fingerprint density at radius 1 is 1.10 bits per heavy atom. The van der Waals surface area contributed by atoms with Crippen LogP contribution in [0.2, 0.25) is 0 Å². The summed E-state index contributed by atoms with van der Waals surface area (Å²) in [5.74, 6) is -0.108. The zero-order valence-electron chi connectivity index (χ0n) is 11.4. The van der Waals surface area contributed by atoms with Crippen molar-refractivity contribution < 1.29 is 8.42 Å². The molecule has 5 heteroatoms. The number of benzene rings is 2. The Morgan fingerprint density at radius 3 is 2.40 bits per heavy atom. The fourth-order valence-electron chi connectivity index (χ4n) is 1.91. The summed E-state index contributed by atoms with van der Waals surface area (Å²) in [6, 6.07) is 10.5. The largest absolute Gasteiger partial charge is 0.398 e. The maximum absolute atomic E-state index is 12.5. The SMILES string of the molecule is Cc1ccc(S(=O)(=O)Cc2c(N)cccc2Br)cc1C. The van der Waals surface area contributed by atoms with E-state index in [9.17, 15) is 8.42 Å². The van der Waals surface area contributed by atoms with Gasteiger partial charge >= 0.3 is 0 Å². The van der Waals surface area contributed by atoms with Crippen LogP contribution in [0.15, 0.2) is 45.8 Å². The standard InChI is InChI=1S/C15H16BrNO2S/c1-10-6-7-12(8-11(10)2)20(18,19)9-13-14(16)4-3-5-15(13)17/h3-8H,9,17H2,1-2H3. The van der Waals surface area contributed by atoms with Crippen LogP contribution in [0, 0.1) is 13.8 Å². The molecule has 0 amide bonds. The first-order chi connectivity index (χ1) is 9.31. The maximum atomic E-state index is 12.5. The molecule has 2 aromatic carbocycles. The topological polar surface area (TPSA) is 60.2 Å². The fraction of sp³-hybridized carbons (Fsp3) is 0.200. The Hall–Kier alpha value is -1.33. The third-order valence-electron chi connectivity index (χ3n) is 3.33. The second-order valence-electron chi connectivity index (χ2n) is 4.81. The molecule has 2 rings (SSSR count). The number of hydrogen-bond donors (Lipinski definition) is 1. The Kier molecular flexibility index (Phi) is 4.20. The zero-order valence-corrected chi connectivity index (χ0v) is 13.8. The third-order valence-corrected chi connectivity index (χ3v) is 5.71. The molecular formula is C15H16BrNO2S. The summed E-state index contributed by atoms with van der Waals surface area (Å²) in [5, 5.41) is 0. The molecule has 0 aliphatic heterocycles. The normalized spacial score (nSPS) is 11.6. The van der Waals surface area contributed by atoms with Crippen LogP contribution in [0.1, 0.15) is 16.7 Å². The van der Waals surface area contributed by atoms with Crippen molar-refractivity contribution in [1.82, 2.24) is 0 Å². The van der Waals surface area contributed by atoms with E-state index in [0.29, 0.717) is 20.6 Å². The smallest absolute Gasteiger partial charge is 0.182 e. The number of hydrogen-bond acceptors (Lipinski definition) is 3. The summed E-state index contributed by atoms with van der Waals surface area (Å²) >= 11 is 3.35. The van der Waals surface area contributed by atoms with Crippen LogP contribution in [-0.2, 0) is 15.6 Å². The van der Waals surface area contributed by atoms with Gasteiger partial charge in [-0.1, -0.05) is 28.1 Å². The van der Waals surface area contributed by atoms with E-state index in [1.165, 1.54) is 0 Å². The van der Waals surface area contributed by atoms with Crippen LogP contribution in [-0.4, -0.2) is 8.42 Å². The van der Waals surface area contributed by atoms with Crippen molar-refractivity contribution in [3.05, 3.63) is 57.6 Å². The molecular weight excluding hydrogens is 338 g/mol. The molecule has 0 heterocycles. The van der Waals surface area contributed by atoms with Crippen molar-refractivity contribution in [2.24, 2.45) is 0 Å². The summed E-state index contributed by atoms with van der Waals surface area (Å²) in [5.41, 5.74) is 8.98. The minimum Gasteiger partial charge on any atom is -0.398 e. The van der Waals surface area contributed by atoms with Crippen LogP contribution in [0.4, 0.5) is 5.69 Å². The molecule has 0 atom stereocenters. The van der Waals surface area contributed by atoms with E-state index >= 15 is 0 Å². The molecule has 3 nitrogen and oxygen atoms in total. The van der Waals surface area contributed by atoms with Gasteiger partial charge in [0.05, 0.1) is 10.6 Å². The average Bonchev–Trinajstić information content (AvgIpc) is 2.37. The van der Waals surface area contributed by atoms with E-state index in [1.807, 2.05) is 19.9 Å². The average molecular weight is 354 g/mol. The van der Waals surface area contributed by atoms with E-state index in [1.54, 1.807) is 30.3 Å². The summed E-state index contributed by atoms with van der Waals surface area (Å²) in [4.78, 5) is 0.329. The van der Waals surface area contributed by atoms with Gasteiger partial charge in [-0.3, -0.25) is 0 Å². The maximum Gasteiger partial charge on any atom is 0.182 e. The Bertz CT molecular complexity index is 734. The number of nitrogens with two attached hydrogens (primary N) is 1. The lowest BCUT2D eigenvalue weighted by molar-refractivity contribution is 0.595. The van der Waals surface area contributed by atoms with Crippen molar-refractivity contribution in [3.8, 4) is 0 Å². The molecule has 0 radical (unpaired) electrons. The summed E-state index contributed by atoms with van der Waals surface area (Å²) in [6.45, 7) is 3.86. The van der Waals surface area contributed by atoms with Gasteiger partial charge in [0.2, 0.25) is 0 Å². The molecule has 0 bridgehead atoms. The molecule has 0 unspecified atom stereocenters. The van der Waals surface area contributed by atoms with Gasteiger partial charge in [-0.25, -0.2) is 8.42 Å². The van der Waals surface area contributed by atoms with E-state index in [4.69, 9.17) is 5.73 Å². The fourth-order valence-corrected chi connectivity index (χ4v) is 4.12. The molecule has 0 fully saturated rings. The van der Waals surface area contributed by atoms with Gasteiger partial charge in [0.15, 0.2) is 9.84 Å². The van der Waals surface area contributed by atoms with Crippen molar-refractivity contribution in [1.29, 1.82) is 0 Å². The lowest BCUT2D eigenvalue weighted by Crippen LogP contribution is -2.08. The van der Waals surface area contributed by atoms with Crippen LogP contribution in [0.25, 0.3) is 0 Å². The molecule has 0 aromatic heterocycles. The monoisotopic (exact) mass is 353 g/mol. The molecule has 0 saturated carbocycles. The predicted molar refractivity (Wildman–Crippen MR) is 85.4 cm³/mol. The first kappa shape index (κ1) is 15.1. The minimum atomic E-state index is -3.41. The Balaban J connectivity index is 2.43. The molecule has 106 valence electrons. The summed E-state index contributed by atoms with van der Waals surface area (Å²) in [7, 11) is -3.41. The molecule has 2 aromatic rings. The minimum absolute atomic E-state index is 0.108. The van der Waals surface area contributed by atoms with E-state index < -0.39 is 9.84 Å². The molecule has 2 N–H and O–H groups in total. The van der Waals surface area contributed by atoms with Crippen molar-refractivity contribution in [2.45, 2.75) is 24.5 Å². The van der Waals surface area contributed by atoms with Crippen molar-refractivity contribution in [2.75, 3.05) is 5.73 Å². The van der Waals surface area contributed by atoms with Crippen molar-refractivity contribution >= 4 is 31.5 Å². The Morgan fingerprint density at radius 2 is 1.80 bits per heavy atom. The summed E-state index contributed by atoms with van der Waals surface area (Å²) in [6.07, 6.45) is 0. The third kappa shape index (κ3) is 3.04. The highest BCUT2D eigenvalue weighted by atomic mass is 79.9. The lowest BCUT2D eigenvalue weighted by Gasteiger charge is -2.10. The van der Waals surface area contributed by atoms with E-state index in [2.05, 4.69) is 15.9 Å². The molecule has 0 aliphatic rings.